The van der Waals surface area contributed by atoms with Gasteiger partial charge in [-0.2, -0.15) is 0 Å². The van der Waals surface area contributed by atoms with Gasteiger partial charge in [-0.3, -0.25) is 14.6 Å². The molecule has 1 aromatic carbocycles. The highest BCUT2D eigenvalue weighted by Gasteiger charge is 2.55. The quantitative estimate of drug-likeness (QED) is 0.911. The molecular weight excluding hydrogens is 338 g/mol. The van der Waals surface area contributed by atoms with Crippen LogP contribution < -0.4 is 5.32 Å². The molecule has 1 spiro atoms. The average Bonchev–Trinajstić information content (AvgIpc) is 3.24. The van der Waals surface area contributed by atoms with Crippen molar-refractivity contribution in [3.63, 3.8) is 0 Å². The molecule has 1 N–H and O–H groups in total. The molecule has 3 unspecified atom stereocenters. The number of rotatable bonds is 3. The number of likely N-dealkylation sites (tertiary alicyclic amines) is 1. The van der Waals surface area contributed by atoms with Gasteiger partial charge in [0.2, 0.25) is 5.91 Å². The number of amides is 2. The van der Waals surface area contributed by atoms with Gasteiger partial charge in [0.05, 0.1) is 5.52 Å². The molecule has 3 aliphatic rings. The predicted octanol–water partition coefficient (Wildman–Crippen LogP) is 3.14. The maximum atomic E-state index is 12.9. The summed E-state index contributed by atoms with van der Waals surface area (Å²) < 4.78 is 0. The first-order valence-electron chi connectivity index (χ1n) is 10.0. The summed E-state index contributed by atoms with van der Waals surface area (Å²) in [5, 5.41) is 4.20. The van der Waals surface area contributed by atoms with Crippen LogP contribution in [0, 0.1) is 11.8 Å². The number of pyridine rings is 1. The van der Waals surface area contributed by atoms with Crippen LogP contribution in [-0.4, -0.2) is 39.8 Å². The summed E-state index contributed by atoms with van der Waals surface area (Å²) in [6, 6.07) is 9.55. The third-order valence-electron chi connectivity index (χ3n) is 6.78. The number of nitrogens with one attached hydrogen (secondary N) is 1. The van der Waals surface area contributed by atoms with E-state index in [1.54, 1.807) is 6.20 Å². The van der Waals surface area contributed by atoms with Crippen molar-refractivity contribution in [3.8, 4) is 0 Å². The molecule has 1 aliphatic heterocycles. The molecule has 3 atom stereocenters. The lowest BCUT2D eigenvalue weighted by molar-refractivity contribution is -0.140. The van der Waals surface area contributed by atoms with Crippen LogP contribution in [0.5, 0.6) is 0 Å². The molecule has 2 aromatic rings. The SMILES string of the molecule is CC1CC1C(=O)N1CC(NC(=O)c2ccc3cccnc3c2)CC12CCC2. The predicted molar refractivity (Wildman–Crippen MR) is 103 cm³/mol. The van der Waals surface area contributed by atoms with Crippen molar-refractivity contribution in [3.05, 3.63) is 42.1 Å². The Balaban J connectivity index is 1.31. The summed E-state index contributed by atoms with van der Waals surface area (Å²) >= 11 is 0. The van der Waals surface area contributed by atoms with Gasteiger partial charge < -0.3 is 10.2 Å². The molecule has 140 valence electrons. The standard InChI is InChI=1S/C22H25N3O2/c1-14-10-18(14)21(27)25-13-17(12-22(25)7-3-8-22)24-20(26)16-6-5-15-4-2-9-23-19(15)11-16/h2,4-6,9,11,14,17-18H,3,7-8,10,12-13H2,1H3,(H,24,26). The molecule has 2 heterocycles. The number of carbonyl (C=O) groups is 2. The zero-order valence-corrected chi connectivity index (χ0v) is 15.6. The average molecular weight is 363 g/mol. The summed E-state index contributed by atoms with van der Waals surface area (Å²) in [7, 11) is 0. The number of aromatic nitrogens is 1. The van der Waals surface area contributed by atoms with E-state index in [-0.39, 0.29) is 23.4 Å². The third-order valence-corrected chi connectivity index (χ3v) is 6.78. The van der Waals surface area contributed by atoms with E-state index >= 15 is 0 Å². The van der Waals surface area contributed by atoms with Crippen LogP contribution >= 0.6 is 0 Å². The lowest BCUT2D eigenvalue weighted by Crippen LogP contribution is -2.52. The molecule has 2 saturated carbocycles. The maximum absolute atomic E-state index is 12.9. The molecule has 0 bridgehead atoms. The number of hydrogen-bond acceptors (Lipinski definition) is 3. The highest BCUT2D eigenvalue weighted by Crippen LogP contribution is 2.49. The van der Waals surface area contributed by atoms with Gasteiger partial charge in [-0.25, -0.2) is 0 Å². The highest BCUT2D eigenvalue weighted by molar-refractivity contribution is 5.98. The van der Waals surface area contributed by atoms with E-state index in [4.69, 9.17) is 0 Å². The fourth-order valence-corrected chi connectivity index (χ4v) is 4.87. The van der Waals surface area contributed by atoms with Crippen molar-refractivity contribution < 1.29 is 9.59 Å². The summed E-state index contributed by atoms with van der Waals surface area (Å²) in [6.07, 6.45) is 6.98. The van der Waals surface area contributed by atoms with E-state index in [1.807, 2.05) is 30.3 Å². The lowest BCUT2D eigenvalue weighted by Gasteiger charge is -2.45. The number of hydrogen-bond donors (Lipinski definition) is 1. The van der Waals surface area contributed by atoms with E-state index in [1.165, 1.54) is 6.42 Å². The summed E-state index contributed by atoms with van der Waals surface area (Å²) in [6.45, 7) is 2.80. The van der Waals surface area contributed by atoms with Gasteiger partial charge in [0.1, 0.15) is 0 Å². The zero-order valence-electron chi connectivity index (χ0n) is 15.6. The minimum Gasteiger partial charge on any atom is -0.347 e. The van der Waals surface area contributed by atoms with Crippen molar-refractivity contribution in [2.45, 2.75) is 50.6 Å². The van der Waals surface area contributed by atoms with Gasteiger partial charge >= 0.3 is 0 Å². The van der Waals surface area contributed by atoms with Gasteiger partial charge in [0.15, 0.2) is 0 Å². The molecule has 3 fully saturated rings. The van der Waals surface area contributed by atoms with Crippen LogP contribution in [-0.2, 0) is 4.79 Å². The monoisotopic (exact) mass is 363 g/mol. The lowest BCUT2D eigenvalue weighted by atomic mass is 9.74. The van der Waals surface area contributed by atoms with E-state index < -0.39 is 0 Å². The second kappa shape index (κ2) is 6.04. The number of fused-ring (bicyclic) bond motifs is 1. The van der Waals surface area contributed by atoms with E-state index in [0.717, 1.165) is 36.6 Å². The molecule has 2 amide bonds. The van der Waals surface area contributed by atoms with Crippen LogP contribution in [0.4, 0.5) is 0 Å². The van der Waals surface area contributed by atoms with Crippen LogP contribution in [0.25, 0.3) is 10.9 Å². The Kier molecular flexibility index (Phi) is 3.74. The van der Waals surface area contributed by atoms with Gasteiger partial charge in [-0.1, -0.05) is 19.1 Å². The first-order valence-corrected chi connectivity index (χ1v) is 10.0. The molecule has 1 aromatic heterocycles. The smallest absolute Gasteiger partial charge is 0.251 e. The van der Waals surface area contributed by atoms with E-state index in [2.05, 4.69) is 22.1 Å². The summed E-state index contributed by atoms with van der Waals surface area (Å²) in [5.74, 6) is 0.974. The van der Waals surface area contributed by atoms with E-state index in [9.17, 15) is 9.59 Å². The second-order valence-corrected chi connectivity index (χ2v) is 8.63. The Morgan fingerprint density at radius 3 is 2.78 bits per heavy atom. The Labute approximate surface area is 159 Å². The molecule has 5 rings (SSSR count). The van der Waals surface area contributed by atoms with Crippen molar-refractivity contribution in [2.24, 2.45) is 11.8 Å². The fraction of sp³-hybridized carbons (Fsp3) is 0.500. The highest BCUT2D eigenvalue weighted by atomic mass is 16.2. The molecule has 27 heavy (non-hydrogen) atoms. The molecule has 5 heteroatoms. The van der Waals surface area contributed by atoms with Crippen LogP contribution in [0.1, 0.15) is 49.4 Å². The Hall–Kier alpha value is -2.43. The molecular formula is C22H25N3O2. The Bertz CT molecular complexity index is 921. The molecule has 5 nitrogen and oxygen atoms in total. The van der Waals surface area contributed by atoms with Gasteiger partial charge in [-0.15, -0.1) is 0 Å². The summed E-state index contributed by atoms with van der Waals surface area (Å²) in [5.41, 5.74) is 1.46. The number of benzene rings is 1. The normalized spacial score (nSPS) is 28.2. The number of nitrogens with zero attached hydrogens (tertiary/aromatic N) is 2. The number of carbonyl (C=O) groups excluding carboxylic acids is 2. The van der Waals surface area contributed by atoms with Gasteiger partial charge in [-0.05, 0) is 56.2 Å². The zero-order chi connectivity index (χ0) is 18.6. The van der Waals surface area contributed by atoms with E-state index in [0.29, 0.717) is 23.9 Å². The Morgan fingerprint density at radius 1 is 1.26 bits per heavy atom. The third kappa shape index (κ3) is 2.80. The van der Waals surface area contributed by atoms with Crippen LogP contribution in [0.2, 0.25) is 0 Å². The van der Waals surface area contributed by atoms with Crippen LogP contribution in [0.3, 0.4) is 0 Å². The molecule has 2 aliphatic carbocycles. The van der Waals surface area contributed by atoms with Crippen molar-refractivity contribution in [1.82, 2.24) is 15.2 Å². The molecule has 1 saturated heterocycles. The second-order valence-electron chi connectivity index (χ2n) is 8.63. The van der Waals surface area contributed by atoms with Crippen LogP contribution in [0.15, 0.2) is 36.5 Å². The van der Waals surface area contributed by atoms with Gasteiger partial charge in [0, 0.05) is 41.2 Å². The fourth-order valence-electron chi connectivity index (χ4n) is 4.87. The largest absolute Gasteiger partial charge is 0.347 e. The van der Waals surface area contributed by atoms with Crippen molar-refractivity contribution in [2.75, 3.05) is 6.54 Å². The van der Waals surface area contributed by atoms with Crippen molar-refractivity contribution >= 4 is 22.7 Å². The topological polar surface area (TPSA) is 62.3 Å². The maximum Gasteiger partial charge on any atom is 0.251 e. The Morgan fingerprint density at radius 2 is 2.07 bits per heavy atom. The first-order chi connectivity index (χ1) is 13.1. The summed E-state index contributed by atoms with van der Waals surface area (Å²) in [4.78, 5) is 32.1. The minimum absolute atomic E-state index is 0.00226. The van der Waals surface area contributed by atoms with Crippen molar-refractivity contribution in [1.29, 1.82) is 0 Å². The minimum atomic E-state index is -0.0730. The first kappa shape index (κ1) is 16.7. The van der Waals surface area contributed by atoms with Gasteiger partial charge in [0.25, 0.3) is 5.91 Å². The molecule has 0 radical (unpaired) electrons.